The maximum absolute atomic E-state index is 13.4. The number of nitrogens with zero attached hydrogens (tertiary/aromatic N) is 2. The fraction of sp³-hybridized carbons (Fsp3) is 0.586. The predicted octanol–water partition coefficient (Wildman–Crippen LogP) is 2.25. The highest BCUT2D eigenvalue weighted by molar-refractivity contribution is 6.25. The minimum Gasteiger partial charge on any atom is -0.460 e. The molecule has 40 heavy (non-hydrogen) atoms. The number of carbonyl (C=O) groups excluding carboxylic acids is 6. The normalized spacial score (nSPS) is 27.0. The van der Waals surface area contributed by atoms with Crippen LogP contribution in [0.3, 0.4) is 0 Å². The van der Waals surface area contributed by atoms with Crippen LogP contribution in [0.1, 0.15) is 86.4 Å². The standard InChI is InChI=1S/C29H36N4O7/c1-29(2,3)40-28(39)17-13-14-32(15-17)25(36)16-7-9-18(10-8-16)30-20-6-4-5-19-23(20)27(38)33(26(19)37)21-11-12-22(34)31-24(21)35/h4-6,16-18,21,30H,7-15H2,1-3H3,(H,31,34,35)/t16?,17-,18?,21?/m1/s1. The largest absolute Gasteiger partial charge is 0.460 e. The number of anilines is 1. The number of hydrogen-bond acceptors (Lipinski definition) is 8. The third kappa shape index (κ3) is 5.46. The maximum atomic E-state index is 13.4. The highest BCUT2D eigenvalue weighted by atomic mass is 16.6. The number of hydrogen-bond donors (Lipinski definition) is 2. The summed E-state index contributed by atoms with van der Waals surface area (Å²) in [6.07, 6.45) is 3.55. The first kappa shape index (κ1) is 27.8. The van der Waals surface area contributed by atoms with E-state index in [-0.39, 0.29) is 53.7 Å². The van der Waals surface area contributed by atoms with E-state index < -0.39 is 35.3 Å². The number of nitrogens with one attached hydrogen (secondary N) is 2. The van der Waals surface area contributed by atoms with E-state index in [1.807, 2.05) is 20.8 Å². The Hall–Kier alpha value is -3.76. The molecule has 3 heterocycles. The molecule has 1 saturated carbocycles. The second-order valence-electron chi connectivity index (χ2n) is 12.2. The van der Waals surface area contributed by atoms with E-state index in [1.54, 1.807) is 23.1 Å². The number of esters is 1. The number of rotatable bonds is 5. The number of amides is 5. The lowest BCUT2D eigenvalue weighted by atomic mass is 9.85. The van der Waals surface area contributed by atoms with Crippen molar-refractivity contribution in [1.29, 1.82) is 0 Å². The first-order valence-electron chi connectivity index (χ1n) is 14.1. The highest BCUT2D eigenvalue weighted by Gasteiger charge is 2.46. The van der Waals surface area contributed by atoms with Gasteiger partial charge in [0.1, 0.15) is 11.6 Å². The van der Waals surface area contributed by atoms with Crippen LogP contribution in [0.25, 0.3) is 0 Å². The molecule has 1 unspecified atom stereocenters. The lowest BCUT2D eigenvalue weighted by Gasteiger charge is -2.32. The molecule has 1 aromatic carbocycles. The van der Waals surface area contributed by atoms with Crippen molar-refractivity contribution in [3.8, 4) is 0 Å². The van der Waals surface area contributed by atoms with Gasteiger partial charge in [-0.15, -0.1) is 0 Å². The minimum atomic E-state index is -1.01. The van der Waals surface area contributed by atoms with Gasteiger partial charge in [-0.3, -0.25) is 39.0 Å². The number of likely N-dealkylation sites (tertiary alicyclic amines) is 1. The van der Waals surface area contributed by atoms with Crippen LogP contribution in [0, 0.1) is 11.8 Å². The van der Waals surface area contributed by atoms with Gasteiger partial charge in [0.2, 0.25) is 17.7 Å². The highest BCUT2D eigenvalue weighted by Crippen LogP contribution is 2.35. The molecule has 1 aromatic rings. The SMILES string of the molecule is CC(C)(C)OC(=O)[C@@H]1CCN(C(=O)C2CCC(Nc3cccc4c3C(=O)N(C3CCC(=O)NC3=O)C4=O)CC2)C1. The minimum absolute atomic E-state index is 0.0104. The van der Waals surface area contributed by atoms with Gasteiger partial charge in [-0.25, -0.2) is 0 Å². The molecule has 214 valence electrons. The Bertz CT molecular complexity index is 1260. The average Bonchev–Trinajstić information content (AvgIpc) is 3.48. The fourth-order valence-electron chi connectivity index (χ4n) is 6.14. The van der Waals surface area contributed by atoms with Gasteiger partial charge in [-0.1, -0.05) is 6.07 Å². The van der Waals surface area contributed by atoms with Crippen molar-refractivity contribution < 1.29 is 33.5 Å². The van der Waals surface area contributed by atoms with Gasteiger partial charge < -0.3 is 15.0 Å². The molecule has 0 spiro atoms. The molecule has 5 amide bonds. The average molecular weight is 553 g/mol. The maximum Gasteiger partial charge on any atom is 0.311 e. The summed E-state index contributed by atoms with van der Waals surface area (Å²) in [5, 5.41) is 5.62. The molecule has 2 saturated heterocycles. The van der Waals surface area contributed by atoms with Crippen molar-refractivity contribution in [2.75, 3.05) is 18.4 Å². The first-order valence-corrected chi connectivity index (χ1v) is 14.1. The van der Waals surface area contributed by atoms with Gasteiger partial charge in [-0.2, -0.15) is 0 Å². The Balaban J connectivity index is 1.18. The summed E-state index contributed by atoms with van der Waals surface area (Å²) in [7, 11) is 0. The summed E-state index contributed by atoms with van der Waals surface area (Å²) < 4.78 is 5.50. The quantitative estimate of drug-likeness (QED) is 0.418. The Morgan fingerprint density at radius 3 is 2.35 bits per heavy atom. The zero-order valence-corrected chi connectivity index (χ0v) is 23.2. The van der Waals surface area contributed by atoms with E-state index >= 15 is 0 Å². The zero-order chi connectivity index (χ0) is 28.8. The predicted molar refractivity (Wildman–Crippen MR) is 143 cm³/mol. The second-order valence-corrected chi connectivity index (χ2v) is 12.2. The number of ether oxygens (including phenoxy) is 1. The van der Waals surface area contributed by atoms with E-state index in [0.717, 1.165) is 4.90 Å². The molecule has 1 aliphatic carbocycles. The van der Waals surface area contributed by atoms with E-state index in [2.05, 4.69) is 10.6 Å². The number of imide groups is 2. The van der Waals surface area contributed by atoms with E-state index in [1.165, 1.54) is 0 Å². The van der Waals surface area contributed by atoms with Crippen LogP contribution >= 0.6 is 0 Å². The second kappa shape index (κ2) is 10.7. The zero-order valence-electron chi connectivity index (χ0n) is 23.2. The van der Waals surface area contributed by atoms with Crippen LogP contribution in [0.15, 0.2) is 18.2 Å². The molecule has 11 nitrogen and oxygen atoms in total. The molecule has 0 aromatic heterocycles. The van der Waals surface area contributed by atoms with Gasteiger partial charge in [0.25, 0.3) is 11.8 Å². The third-order valence-corrected chi connectivity index (χ3v) is 8.14. The Kier molecular flexibility index (Phi) is 7.41. The van der Waals surface area contributed by atoms with Gasteiger partial charge in [0, 0.05) is 37.2 Å². The lowest BCUT2D eigenvalue weighted by Crippen LogP contribution is -2.54. The van der Waals surface area contributed by atoms with Crippen molar-refractivity contribution >= 4 is 41.2 Å². The van der Waals surface area contributed by atoms with Gasteiger partial charge in [0.15, 0.2) is 0 Å². The monoisotopic (exact) mass is 552 g/mol. The summed E-state index contributed by atoms with van der Waals surface area (Å²) in [4.78, 5) is 78.7. The Morgan fingerprint density at radius 1 is 0.950 bits per heavy atom. The topological polar surface area (TPSA) is 142 Å². The van der Waals surface area contributed by atoms with E-state index in [9.17, 15) is 28.8 Å². The number of fused-ring (bicyclic) bond motifs is 1. The molecule has 5 rings (SSSR count). The molecule has 4 aliphatic rings. The molecule has 11 heteroatoms. The molecular weight excluding hydrogens is 516 g/mol. The Morgan fingerprint density at radius 2 is 1.68 bits per heavy atom. The van der Waals surface area contributed by atoms with Crippen molar-refractivity contribution in [1.82, 2.24) is 15.1 Å². The van der Waals surface area contributed by atoms with Crippen LogP contribution in [-0.4, -0.2) is 76.1 Å². The van der Waals surface area contributed by atoms with E-state index in [4.69, 9.17) is 4.74 Å². The molecular formula is C29H36N4O7. The van der Waals surface area contributed by atoms with Crippen molar-refractivity contribution in [2.45, 2.75) is 83.4 Å². The van der Waals surface area contributed by atoms with Gasteiger partial charge in [-0.05, 0) is 71.4 Å². The molecule has 0 bridgehead atoms. The summed E-state index contributed by atoms with van der Waals surface area (Å²) >= 11 is 0. The Labute approximate surface area is 233 Å². The lowest BCUT2D eigenvalue weighted by molar-refractivity contribution is -0.159. The molecule has 2 N–H and O–H groups in total. The number of piperidine rings is 1. The summed E-state index contributed by atoms with van der Waals surface area (Å²) in [5.74, 6) is -2.73. The van der Waals surface area contributed by atoms with Gasteiger partial charge in [0.05, 0.1) is 17.0 Å². The number of benzene rings is 1. The van der Waals surface area contributed by atoms with Crippen molar-refractivity contribution in [3.05, 3.63) is 29.3 Å². The summed E-state index contributed by atoms with van der Waals surface area (Å²) in [6.45, 7) is 6.45. The fourth-order valence-corrected chi connectivity index (χ4v) is 6.14. The van der Waals surface area contributed by atoms with Crippen LogP contribution in [0.5, 0.6) is 0 Å². The summed E-state index contributed by atoms with van der Waals surface area (Å²) in [5.41, 5.74) is 0.442. The van der Waals surface area contributed by atoms with Crippen molar-refractivity contribution in [2.24, 2.45) is 11.8 Å². The molecule has 2 atom stereocenters. The third-order valence-electron chi connectivity index (χ3n) is 8.14. The molecule has 0 radical (unpaired) electrons. The molecule has 3 aliphatic heterocycles. The first-order chi connectivity index (χ1) is 18.9. The van der Waals surface area contributed by atoms with Crippen molar-refractivity contribution in [3.63, 3.8) is 0 Å². The summed E-state index contributed by atoms with van der Waals surface area (Å²) in [6, 6.07) is 4.01. The number of carbonyl (C=O) groups is 6. The van der Waals surface area contributed by atoms with Crippen LogP contribution < -0.4 is 10.6 Å². The van der Waals surface area contributed by atoms with Crippen LogP contribution in [-0.2, 0) is 23.9 Å². The van der Waals surface area contributed by atoms with E-state index in [0.29, 0.717) is 50.9 Å². The van der Waals surface area contributed by atoms with Gasteiger partial charge >= 0.3 is 5.97 Å². The van der Waals surface area contributed by atoms with Crippen LogP contribution in [0.2, 0.25) is 0 Å². The smallest absolute Gasteiger partial charge is 0.311 e. The van der Waals surface area contributed by atoms with Crippen LogP contribution in [0.4, 0.5) is 5.69 Å². The molecule has 3 fully saturated rings.